The van der Waals surface area contributed by atoms with E-state index < -0.39 is 0 Å². The summed E-state index contributed by atoms with van der Waals surface area (Å²) < 4.78 is 0. The molecule has 110 valence electrons. The average molecular weight is 282 g/mol. The van der Waals surface area contributed by atoms with Gasteiger partial charge >= 0.3 is 0 Å². The van der Waals surface area contributed by atoms with Crippen molar-refractivity contribution in [3.05, 3.63) is 59.8 Å². The Kier molecular flexibility index (Phi) is 5.95. The third kappa shape index (κ3) is 5.03. The van der Waals surface area contributed by atoms with E-state index in [0.29, 0.717) is 6.42 Å². The molecule has 0 spiro atoms. The third-order valence-corrected chi connectivity index (χ3v) is 3.57. The van der Waals surface area contributed by atoms with Crippen LogP contribution in [0.3, 0.4) is 0 Å². The summed E-state index contributed by atoms with van der Waals surface area (Å²) in [6.07, 6.45) is 6.40. The normalized spacial score (nSPS) is 10.3. The Hall–Kier alpha value is -2.16. The molecule has 0 amide bonds. The third-order valence-electron chi connectivity index (χ3n) is 3.57. The Morgan fingerprint density at radius 2 is 1.76 bits per heavy atom. The molecule has 3 nitrogen and oxygen atoms in total. The van der Waals surface area contributed by atoms with Gasteiger partial charge in [0.2, 0.25) is 0 Å². The first-order chi connectivity index (χ1) is 10.3. The minimum absolute atomic E-state index is 0.605. The molecule has 0 N–H and O–H groups in total. The number of anilines is 1. The van der Waals surface area contributed by atoms with E-state index in [0.717, 1.165) is 37.9 Å². The number of pyridine rings is 1. The van der Waals surface area contributed by atoms with E-state index >= 15 is 0 Å². The molecule has 21 heavy (non-hydrogen) atoms. The zero-order chi connectivity index (χ0) is 14.9. The number of aldehydes is 1. The molecule has 1 aromatic heterocycles. The second kappa shape index (κ2) is 8.20. The second-order valence-corrected chi connectivity index (χ2v) is 5.23. The van der Waals surface area contributed by atoms with E-state index in [9.17, 15) is 4.79 Å². The van der Waals surface area contributed by atoms with Gasteiger partial charge < -0.3 is 9.69 Å². The van der Waals surface area contributed by atoms with Crippen LogP contribution >= 0.6 is 0 Å². The molecule has 2 aromatic rings. The number of rotatable bonds is 8. The zero-order valence-electron chi connectivity index (χ0n) is 12.5. The fourth-order valence-electron chi connectivity index (χ4n) is 2.31. The number of aromatic nitrogens is 1. The minimum atomic E-state index is 0.605. The van der Waals surface area contributed by atoms with Gasteiger partial charge in [0, 0.05) is 26.2 Å². The SMILES string of the molecule is CN(CCCc1ccc(CCC=O)cc1)c1ccccn1. The van der Waals surface area contributed by atoms with E-state index in [-0.39, 0.29) is 0 Å². The van der Waals surface area contributed by atoms with Crippen molar-refractivity contribution in [2.75, 3.05) is 18.5 Å². The molecule has 0 unspecified atom stereocenters. The summed E-state index contributed by atoms with van der Waals surface area (Å²) in [6.45, 7) is 0.990. The van der Waals surface area contributed by atoms with Crippen molar-refractivity contribution in [3.8, 4) is 0 Å². The van der Waals surface area contributed by atoms with Gasteiger partial charge in [-0.2, -0.15) is 0 Å². The van der Waals surface area contributed by atoms with Crippen molar-refractivity contribution < 1.29 is 4.79 Å². The molecule has 0 aliphatic carbocycles. The second-order valence-electron chi connectivity index (χ2n) is 5.23. The quantitative estimate of drug-likeness (QED) is 0.697. The summed E-state index contributed by atoms with van der Waals surface area (Å²) in [5.74, 6) is 1.02. The lowest BCUT2D eigenvalue weighted by Gasteiger charge is -2.17. The monoisotopic (exact) mass is 282 g/mol. The summed E-state index contributed by atoms with van der Waals surface area (Å²) in [5.41, 5.74) is 2.58. The van der Waals surface area contributed by atoms with Gasteiger partial charge in [-0.15, -0.1) is 0 Å². The summed E-state index contributed by atoms with van der Waals surface area (Å²) in [6, 6.07) is 14.6. The van der Waals surface area contributed by atoms with Crippen LogP contribution in [-0.2, 0) is 17.6 Å². The fourth-order valence-corrected chi connectivity index (χ4v) is 2.31. The van der Waals surface area contributed by atoms with Gasteiger partial charge in [0.05, 0.1) is 0 Å². The van der Waals surface area contributed by atoms with Crippen LogP contribution in [0.25, 0.3) is 0 Å². The van der Waals surface area contributed by atoms with Gasteiger partial charge in [-0.05, 0) is 42.5 Å². The van der Waals surface area contributed by atoms with Crippen molar-refractivity contribution in [1.82, 2.24) is 4.98 Å². The number of benzene rings is 1. The van der Waals surface area contributed by atoms with Crippen molar-refractivity contribution >= 4 is 12.1 Å². The molecule has 0 radical (unpaired) electrons. The number of hydrogen-bond donors (Lipinski definition) is 0. The Morgan fingerprint density at radius 1 is 1.05 bits per heavy atom. The maximum Gasteiger partial charge on any atom is 0.128 e. The molecule has 0 fully saturated rings. The van der Waals surface area contributed by atoms with Gasteiger partial charge in [-0.25, -0.2) is 4.98 Å². The minimum Gasteiger partial charge on any atom is -0.360 e. The molecule has 1 aromatic carbocycles. The lowest BCUT2D eigenvalue weighted by Crippen LogP contribution is -2.19. The van der Waals surface area contributed by atoms with Crippen molar-refractivity contribution in [3.63, 3.8) is 0 Å². The van der Waals surface area contributed by atoms with Gasteiger partial charge in [0.25, 0.3) is 0 Å². The van der Waals surface area contributed by atoms with Gasteiger partial charge in [-0.3, -0.25) is 0 Å². The van der Waals surface area contributed by atoms with Crippen LogP contribution < -0.4 is 4.90 Å². The highest BCUT2D eigenvalue weighted by atomic mass is 16.1. The predicted octanol–water partition coefficient (Wildman–Crippen LogP) is 3.28. The molecule has 0 aliphatic rings. The van der Waals surface area contributed by atoms with Crippen molar-refractivity contribution in [2.45, 2.75) is 25.7 Å². The number of aryl methyl sites for hydroxylation is 2. The number of carbonyl (C=O) groups excluding carboxylic acids is 1. The van der Waals surface area contributed by atoms with Gasteiger partial charge in [-0.1, -0.05) is 30.3 Å². The molecule has 1 heterocycles. The lowest BCUT2D eigenvalue weighted by atomic mass is 10.0. The molecule has 0 atom stereocenters. The van der Waals surface area contributed by atoms with Crippen LogP contribution in [-0.4, -0.2) is 24.9 Å². The fraction of sp³-hybridized carbons (Fsp3) is 0.333. The van der Waals surface area contributed by atoms with Crippen LogP contribution in [0.1, 0.15) is 24.0 Å². The van der Waals surface area contributed by atoms with E-state index in [1.54, 1.807) is 0 Å². The zero-order valence-corrected chi connectivity index (χ0v) is 12.5. The van der Waals surface area contributed by atoms with E-state index in [4.69, 9.17) is 0 Å². The number of hydrogen-bond acceptors (Lipinski definition) is 3. The summed E-state index contributed by atoms with van der Waals surface area (Å²) in [7, 11) is 2.07. The Bertz CT molecular complexity index is 537. The lowest BCUT2D eigenvalue weighted by molar-refractivity contribution is -0.107. The molecular weight excluding hydrogens is 260 g/mol. The molecule has 0 aliphatic heterocycles. The van der Waals surface area contributed by atoms with Crippen molar-refractivity contribution in [2.24, 2.45) is 0 Å². The summed E-state index contributed by atoms with van der Waals surface area (Å²) in [5, 5.41) is 0. The highest BCUT2D eigenvalue weighted by Gasteiger charge is 2.01. The molecule has 3 heteroatoms. The Morgan fingerprint density at radius 3 is 2.38 bits per heavy atom. The standard InChI is InChI=1S/C18H22N2O/c1-20(18-8-2-3-13-19-18)14-4-6-16-9-11-17(12-10-16)7-5-15-21/h2-3,8-13,15H,4-7,14H2,1H3. The molecule has 0 saturated carbocycles. The summed E-state index contributed by atoms with van der Waals surface area (Å²) in [4.78, 5) is 16.9. The smallest absolute Gasteiger partial charge is 0.128 e. The number of nitrogens with zero attached hydrogens (tertiary/aromatic N) is 2. The van der Waals surface area contributed by atoms with E-state index in [1.807, 2.05) is 24.4 Å². The summed E-state index contributed by atoms with van der Waals surface area (Å²) >= 11 is 0. The van der Waals surface area contributed by atoms with Gasteiger partial charge in [0.1, 0.15) is 12.1 Å². The van der Waals surface area contributed by atoms with E-state index in [2.05, 4.69) is 41.2 Å². The maximum atomic E-state index is 10.4. The topological polar surface area (TPSA) is 33.2 Å². The maximum absolute atomic E-state index is 10.4. The van der Waals surface area contributed by atoms with Gasteiger partial charge in [0.15, 0.2) is 0 Å². The molecule has 0 saturated heterocycles. The van der Waals surface area contributed by atoms with Crippen molar-refractivity contribution in [1.29, 1.82) is 0 Å². The first-order valence-corrected chi connectivity index (χ1v) is 7.43. The largest absolute Gasteiger partial charge is 0.360 e. The molecular formula is C18H22N2O. The predicted molar refractivity (Wildman–Crippen MR) is 86.7 cm³/mol. The highest BCUT2D eigenvalue weighted by molar-refractivity contribution is 5.50. The first-order valence-electron chi connectivity index (χ1n) is 7.43. The van der Waals surface area contributed by atoms with Crippen LogP contribution in [0.15, 0.2) is 48.7 Å². The van der Waals surface area contributed by atoms with E-state index in [1.165, 1.54) is 11.1 Å². The Balaban J connectivity index is 1.77. The highest BCUT2D eigenvalue weighted by Crippen LogP contribution is 2.11. The Labute approximate surface area is 126 Å². The van der Waals surface area contributed by atoms with Crippen LogP contribution in [0, 0.1) is 0 Å². The molecule has 2 rings (SSSR count). The number of carbonyl (C=O) groups is 1. The average Bonchev–Trinajstić information content (AvgIpc) is 2.55. The van der Waals surface area contributed by atoms with Crippen LogP contribution in [0.4, 0.5) is 5.82 Å². The first kappa shape index (κ1) is 15.2. The van der Waals surface area contributed by atoms with Crippen LogP contribution in [0.2, 0.25) is 0 Å². The molecule has 0 bridgehead atoms. The van der Waals surface area contributed by atoms with Crippen LogP contribution in [0.5, 0.6) is 0 Å².